The zero-order valence-corrected chi connectivity index (χ0v) is 21.9. The van der Waals surface area contributed by atoms with E-state index in [0.717, 1.165) is 38.4 Å². The van der Waals surface area contributed by atoms with Gasteiger partial charge in [-0.1, -0.05) is 41.8 Å². The standard InChI is InChI=1S/C29H26N2O3S2/c1-4-34-16-23(25-12-5-19(2)13-20(25)3)15-30-26-14-27(36-28(26)29(32)33)22-9-6-21(7-10-22)8-11-24-17-35-18-31-24/h5-7,9-10,12-14,16-18,30H,4,15H2,1-3H3,(H,32,33). The Morgan fingerprint density at radius 3 is 2.61 bits per heavy atom. The second-order valence-corrected chi connectivity index (χ2v) is 9.90. The number of anilines is 1. The molecule has 0 aliphatic rings. The molecule has 2 N–H and O–H groups in total. The lowest BCUT2D eigenvalue weighted by atomic mass is 9.99. The summed E-state index contributed by atoms with van der Waals surface area (Å²) in [5, 5.41) is 15.1. The number of carboxylic acid groups (broad SMARTS) is 1. The Bertz CT molecular complexity index is 1440. The number of carboxylic acids is 1. The van der Waals surface area contributed by atoms with Crippen LogP contribution in [-0.4, -0.2) is 29.2 Å². The Morgan fingerprint density at radius 2 is 1.94 bits per heavy atom. The van der Waals surface area contributed by atoms with Gasteiger partial charge in [-0.15, -0.1) is 22.7 Å². The summed E-state index contributed by atoms with van der Waals surface area (Å²) in [6.07, 6.45) is 1.75. The summed E-state index contributed by atoms with van der Waals surface area (Å²) in [7, 11) is 0. The number of thiophene rings is 1. The van der Waals surface area contributed by atoms with Gasteiger partial charge in [0.25, 0.3) is 0 Å². The average molecular weight is 515 g/mol. The highest BCUT2D eigenvalue weighted by atomic mass is 32.1. The second kappa shape index (κ2) is 11.7. The van der Waals surface area contributed by atoms with Gasteiger partial charge in [0.15, 0.2) is 0 Å². The minimum atomic E-state index is -0.957. The Morgan fingerprint density at radius 1 is 1.14 bits per heavy atom. The number of aryl methyl sites for hydroxylation is 2. The largest absolute Gasteiger partial charge is 0.501 e. The SMILES string of the molecule is CCOC=C(CNc1cc(-c2ccc(C#Cc3cscn3)cc2)sc1C(=O)O)c1ccc(C)cc1C. The molecule has 2 aromatic carbocycles. The summed E-state index contributed by atoms with van der Waals surface area (Å²) in [4.78, 5) is 17.3. The van der Waals surface area contributed by atoms with Crippen molar-refractivity contribution in [3.8, 4) is 22.3 Å². The van der Waals surface area contributed by atoms with Gasteiger partial charge in [-0.05, 0) is 61.6 Å². The molecule has 0 bridgehead atoms. The monoisotopic (exact) mass is 514 g/mol. The number of nitrogens with one attached hydrogen (secondary N) is 1. The van der Waals surface area contributed by atoms with Crippen molar-refractivity contribution in [1.29, 1.82) is 0 Å². The zero-order valence-electron chi connectivity index (χ0n) is 20.3. The molecule has 7 heteroatoms. The molecule has 2 aromatic heterocycles. The molecule has 5 nitrogen and oxygen atoms in total. The smallest absolute Gasteiger partial charge is 0.348 e. The van der Waals surface area contributed by atoms with Crippen molar-refractivity contribution in [2.24, 2.45) is 0 Å². The van der Waals surface area contributed by atoms with Crippen LogP contribution < -0.4 is 5.32 Å². The lowest BCUT2D eigenvalue weighted by Gasteiger charge is -2.13. The molecule has 0 spiro atoms. The van der Waals surface area contributed by atoms with Gasteiger partial charge in [-0.3, -0.25) is 0 Å². The van der Waals surface area contributed by atoms with Crippen molar-refractivity contribution in [1.82, 2.24) is 4.98 Å². The van der Waals surface area contributed by atoms with Gasteiger partial charge < -0.3 is 15.2 Å². The van der Waals surface area contributed by atoms with Gasteiger partial charge >= 0.3 is 5.97 Å². The van der Waals surface area contributed by atoms with Crippen LogP contribution in [0.2, 0.25) is 0 Å². The third kappa shape index (κ3) is 6.22. The van der Waals surface area contributed by atoms with Crippen molar-refractivity contribution < 1.29 is 14.6 Å². The maximum atomic E-state index is 12.0. The van der Waals surface area contributed by atoms with E-state index in [1.807, 2.05) is 42.6 Å². The Hall–Kier alpha value is -3.86. The lowest BCUT2D eigenvalue weighted by molar-refractivity contribution is 0.0703. The zero-order chi connectivity index (χ0) is 25.5. The third-order valence-electron chi connectivity index (χ3n) is 5.45. The summed E-state index contributed by atoms with van der Waals surface area (Å²) < 4.78 is 5.60. The molecule has 182 valence electrons. The van der Waals surface area contributed by atoms with Crippen LogP contribution >= 0.6 is 22.7 Å². The normalized spacial score (nSPS) is 11.0. The molecule has 4 rings (SSSR count). The van der Waals surface area contributed by atoms with Crippen molar-refractivity contribution in [2.75, 3.05) is 18.5 Å². The second-order valence-electron chi connectivity index (χ2n) is 8.13. The fraction of sp³-hybridized carbons (Fsp3) is 0.172. The van der Waals surface area contributed by atoms with Crippen LogP contribution in [-0.2, 0) is 4.74 Å². The van der Waals surface area contributed by atoms with E-state index in [1.54, 1.807) is 11.8 Å². The summed E-state index contributed by atoms with van der Waals surface area (Å²) in [5.41, 5.74) is 9.27. The minimum absolute atomic E-state index is 0.272. The van der Waals surface area contributed by atoms with Crippen molar-refractivity contribution >= 4 is 39.9 Å². The van der Waals surface area contributed by atoms with E-state index < -0.39 is 5.97 Å². The maximum absolute atomic E-state index is 12.0. The molecule has 0 unspecified atom stereocenters. The predicted molar refractivity (Wildman–Crippen MR) is 149 cm³/mol. The van der Waals surface area contributed by atoms with E-state index in [4.69, 9.17) is 4.74 Å². The highest BCUT2D eigenvalue weighted by Crippen LogP contribution is 2.35. The first kappa shape index (κ1) is 25.2. The van der Waals surface area contributed by atoms with E-state index in [-0.39, 0.29) is 4.88 Å². The fourth-order valence-corrected chi connectivity index (χ4v) is 5.16. The number of hydrogen-bond acceptors (Lipinski definition) is 6. The Balaban J connectivity index is 1.56. The van der Waals surface area contributed by atoms with Gasteiger partial charge in [0.05, 0.1) is 24.1 Å². The maximum Gasteiger partial charge on any atom is 0.348 e. The van der Waals surface area contributed by atoms with E-state index in [2.05, 4.69) is 54.2 Å². The summed E-state index contributed by atoms with van der Waals surface area (Å²) in [5.74, 6) is 5.19. The molecule has 0 radical (unpaired) electrons. The number of thiazole rings is 1. The third-order valence-corrected chi connectivity index (χ3v) is 7.21. The molecule has 0 amide bonds. The number of aromatic nitrogens is 1. The molecular weight excluding hydrogens is 488 g/mol. The van der Waals surface area contributed by atoms with Crippen LogP contribution in [0.4, 0.5) is 5.69 Å². The number of benzene rings is 2. The number of nitrogens with zero attached hydrogens (tertiary/aromatic N) is 1. The van der Waals surface area contributed by atoms with E-state index in [9.17, 15) is 9.90 Å². The molecule has 36 heavy (non-hydrogen) atoms. The first-order chi connectivity index (χ1) is 17.4. The van der Waals surface area contributed by atoms with Crippen molar-refractivity contribution in [3.05, 3.63) is 98.5 Å². The molecule has 4 aromatic rings. The quantitative estimate of drug-likeness (QED) is 0.194. The van der Waals surface area contributed by atoms with Crippen molar-refractivity contribution in [2.45, 2.75) is 20.8 Å². The topological polar surface area (TPSA) is 71.5 Å². The number of ether oxygens (including phenoxy) is 1. The summed E-state index contributed by atoms with van der Waals surface area (Å²) >= 11 is 2.76. The molecule has 0 aliphatic heterocycles. The molecule has 0 saturated heterocycles. The van der Waals surface area contributed by atoms with Crippen LogP contribution in [0.3, 0.4) is 0 Å². The highest BCUT2D eigenvalue weighted by Gasteiger charge is 2.17. The van der Waals surface area contributed by atoms with Crippen LogP contribution in [0.25, 0.3) is 16.0 Å². The fourth-order valence-electron chi connectivity index (χ4n) is 3.70. The van der Waals surface area contributed by atoms with E-state index in [0.29, 0.717) is 18.8 Å². The van der Waals surface area contributed by atoms with E-state index >= 15 is 0 Å². The summed E-state index contributed by atoms with van der Waals surface area (Å²) in [6.45, 7) is 7.06. The first-order valence-electron chi connectivity index (χ1n) is 11.4. The molecule has 0 aliphatic carbocycles. The highest BCUT2D eigenvalue weighted by molar-refractivity contribution is 7.18. The molecule has 0 fully saturated rings. The molecule has 2 heterocycles. The van der Waals surface area contributed by atoms with E-state index in [1.165, 1.54) is 28.2 Å². The predicted octanol–water partition coefficient (Wildman–Crippen LogP) is 7.08. The number of aromatic carboxylic acids is 1. The summed E-state index contributed by atoms with van der Waals surface area (Å²) in [6, 6.07) is 16.0. The van der Waals surface area contributed by atoms with Crippen LogP contribution in [0, 0.1) is 25.7 Å². The number of carbonyl (C=O) groups is 1. The Kier molecular flexibility index (Phi) is 8.21. The Labute approximate surface area is 219 Å². The number of rotatable bonds is 8. The average Bonchev–Trinajstić information content (AvgIpc) is 3.54. The minimum Gasteiger partial charge on any atom is -0.501 e. The van der Waals surface area contributed by atoms with Gasteiger partial charge in [-0.25, -0.2) is 9.78 Å². The van der Waals surface area contributed by atoms with Gasteiger partial charge in [0.2, 0.25) is 0 Å². The number of hydrogen-bond donors (Lipinski definition) is 2. The van der Waals surface area contributed by atoms with Crippen LogP contribution in [0.1, 0.15) is 44.5 Å². The van der Waals surface area contributed by atoms with Crippen molar-refractivity contribution in [3.63, 3.8) is 0 Å². The van der Waals surface area contributed by atoms with Gasteiger partial charge in [0.1, 0.15) is 10.6 Å². The van der Waals surface area contributed by atoms with Crippen LogP contribution in [0.15, 0.2) is 65.7 Å². The molecule has 0 saturated carbocycles. The first-order valence-corrected chi connectivity index (χ1v) is 13.2. The molecular formula is C29H26N2O3S2. The lowest BCUT2D eigenvalue weighted by Crippen LogP contribution is -2.08. The molecule has 0 atom stereocenters. The van der Waals surface area contributed by atoms with Gasteiger partial charge in [-0.2, -0.15) is 0 Å². The van der Waals surface area contributed by atoms with Crippen LogP contribution in [0.5, 0.6) is 0 Å². The van der Waals surface area contributed by atoms with Gasteiger partial charge in [0, 0.05) is 27.9 Å².